The molecule has 0 fully saturated rings. The SMILES string of the molecule is O=C(Cl)/C=C/c1cccc(OCc2cccc3ccccc23)c1. The Hall–Kier alpha value is -2.58. The molecule has 0 aliphatic carbocycles. The number of carbonyl (C=O) groups is 1. The standard InChI is InChI=1S/C20H15ClO2/c21-20(22)12-11-15-5-3-9-18(13-15)23-14-17-8-4-7-16-6-1-2-10-19(16)17/h1-13H,14H2/b12-11+. The molecule has 0 heterocycles. The maximum Gasteiger partial charge on any atom is 0.245 e. The highest BCUT2D eigenvalue weighted by Crippen LogP contribution is 2.21. The Labute approximate surface area is 140 Å². The maximum absolute atomic E-state index is 10.8. The van der Waals surface area contributed by atoms with Crippen LogP contribution in [-0.4, -0.2) is 5.24 Å². The molecule has 0 spiro atoms. The zero-order valence-corrected chi connectivity index (χ0v) is 13.2. The molecule has 0 aliphatic heterocycles. The van der Waals surface area contributed by atoms with Gasteiger partial charge in [-0.2, -0.15) is 0 Å². The Kier molecular flexibility index (Phi) is 4.74. The molecule has 2 nitrogen and oxygen atoms in total. The number of allylic oxidation sites excluding steroid dienone is 1. The molecule has 3 rings (SSSR count). The fraction of sp³-hybridized carbons (Fsp3) is 0.0500. The minimum atomic E-state index is -0.493. The van der Waals surface area contributed by atoms with Crippen LogP contribution in [0.25, 0.3) is 16.8 Å². The number of hydrogen-bond donors (Lipinski definition) is 0. The first-order chi connectivity index (χ1) is 11.2. The van der Waals surface area contributed by atoms with Gasteiger partial charge >= 0.3 is 0 Å². The first kappa shape index (κ1) is 15.3. The predicted octanol–water partition coefficient (Wildman–Crippen LogP) is 5.20. The molecule has 3 aromatic carbocycles. The lowest BCUT2D eigenvalue weighted by molar-refractivity contribution is -0.107. The summed E-state index contributed by atoms with van der Waals surface area (Å²) in [4.78, 5) is 10.8. The third-order valence-electron chi connectivity index (χ3n) is 3.54. The van der Waals surface area contributed by atoms with Gasteiger partial charge in [0.25, 0.3) is 0 Å². The van der Waals surface area contributed by atoms with Crippen LogP contribution in [0.15, 0.2) is 72.8 Å². The van der Waals surface area contributed by atoms with Crippen molar-refractivity contribution in [3.05, 3.63) is 83.9 Å². The normalized spacial score (nSPS) is 11.0. The van der Waals surface area contributed by atoms with Crippen LogP contribution in [0.4, 0.5) is 0 Å². The third kappa shape index (κ3) is 3.99. The van der Waals surface area contributed by atoms with Gasteiger partial charge in [0, 0.05) is 0 Å². The number of carbonyl (C=O) groups excluding carboxylic acids is 1. The van der Waals surface area contributed by atoms with Gasteiger partial charge in [0.15, 0.2) is 0 Å². The number of fused-ring (bicyclic) bond motifs is 1. The van der Waals surface area contributed by atoms with Crippen LogP contribution < -0.4 is 4.74 Å². The Morgan fingerprint density at radius 2 is 1.78 bits per heavy atom. The molecule has 0 atom stereocenters. The van der Waals surface area contributed by atoms with Gasteiger partial charge in [-0.15, -0.1) is 0 Å². The van der Waals surface area contributed by atoms with E-state index >= 15 is 0 Å². The first-order valence-corrected chi connectivity index (χ1v) is 7.67. The highest BCUT2D eigenvalue weighted by atomic mass is 35.5. The summed E-state index contributed by atoms with van der Waals surface area (Å²) in [7, 11) is 0. The van der Waals surface area contributed by atoms with E-state index in [4.69, 9.17) is 16.3 Å². The maximum atomic E-state index is 10.8. The topological polar surface area (TPSA) is 26.3 Å². The second-order valence-corrected chi connectivity index (χ2v) is 5.51. The van der Waals surface area contributed by atoms with Crippen LogP contribution >= 0.6 is 11.6 Å². The van der Waals surface area contributed by atoms with Crippen molar-refractivity contribution in [2.75, 3.05) is 0 Å². The lowest BCUT2D eigenvalue weighted by Crippen LogP contribution is -1.96. The number of benzene rings is 3. The minimum absolute atomic E-state index is 0.489. The van der Waals surface area contributed by atoms with E-state index in [1.165, 1.54) is 16.8 Å². The zero-order chi connectivity index (χ0) is 16.1. The van der Waals surface area contributed by atoms with Crippen LogP contribution in [0.1, 0.15) is 11.1 Å². The van der Waals surface area contributed by atoms with E-state index in [1.807, 2.05) is 42.5 Å². The number of halogens is 1. The third-order valence-corrected chi connectivity index (χ3v) is 3.67. The summed E-state index contributed by atoms with van der Waals surface area (Å²) < 4.78 is 5.90. The highest BCUT2D eigenvalue weighted by molar-refractivity contribution is 6.66. The molecule has 0 N–H and O–H groups in total. The van der Waals surface area contributed by atoms with Crippen molar-refractivity contribution in [1.82, 2.24) is 0 Å². The van der Waals surface area contributed by atoms with E-state index in [2.05, 4.69) is 24.3 Å². The van der Waals surface area contributed by atoms with E-state index in [-0.39, 0.29) is 0 Å². The van der Waals surface area contributed by atoms with Crippen molar-refractivity contribution in [3.63, 3.8) is 0 Å². The molecule has 0 radical (unpaired) electrons. The van der Waals surface area contributed by atoms with Crippen molar-refractivity contribution < 1.29 is 9.53 Å². The molecule has 114 valence electrons. The van der Waals surface area contributed by atoms with Crippen molar-refractivity contribution >= 4 is 33.7 Å². The van der Waals surface area contributed by atoms with Crippen molar-refractivity contribution in [3.8, 4) is 5.75 Å². The van der Waals surface area contributed by atoms with Gasteiger partial charge in [-0.3, -0.25) is 4.79 Å². The monoisotopic (exact) mass is 322 g/mol. The summed E-state index contributed by atoms with van der Waals surface area (Å²) in [6, 6.07) is 22.0. The van der Waals surface area contributed by atoms with Gasteiger partial charge in [-0.1, -0.05) is 60.7 Å². The molecule has 0 saturated heterocycles. The van der Waals surface area contributed by atoms with Crippen molar-refractivity contribution in [1.29, 1.82) is 0 Å². The molecule has 0 aliphatic rings. The van der Waals surface area contributed by atoms with Gasteiger partial charge in [0.05, 0.1) is 0 Å². The molecule has 0 saturated carbocycles. The molecule has 0 bridgehead atoms. The predicted molar refractivity (Wildman–Crippen MR) is 94.6 cm³/mol. The Morgan fingerprint density at radius 3 is 2.65 bits per heavy atom. The molecule has 3 aromatic rings. The fourth-order valence-corrected chi connectivity index (χ4v) is 2.51. The van der Waals surface area contributed by atoms with E-state index in [0.29, 0.717) is 6.61 Å². The van der Waals surface area contributed by atoms with Crippen LogP contribution in [-0.2, 0) is 11.4 Å². The van der Waals surface area contributed by atoms with Crippen molar-refractivity contribution in [2.45, 2.75) is 6.61 Å². The van der Waals surface area contributed by atoms with Gasteiger partial charge in [0.2, 0.25) is 5.24 Å². The largest absolute Gasteiger partial charge is 0.489 e. The first-order valence-electron chi connectivity index (χ1n) is 7.29. The highest BCUT2D eigenvalue weighted by Gasteiger charge is 2.02. The van der Waals surface area contributed by atoms with E-state index in [0.717, 1.165) is 16.9 Å². The van der Waals surface area contributed by atoms with Gasteiger partial charge in [-0.05, 0) is 51.7 Å². The summed E-state index contributed by atoms with van der Waals surface area (Å²) in [5, 5.41) is 1.90. The summed E-state index contributed by atoms with van der Waals surface area (Å²) in [5.41, 5.74) is 2.01. The zero-order valence-electron chi connectivity index (χ0n) is 12.4. The summed E-state index contributed by atoms with van der Waals surface area (Å²) in [6.45, 7) is 0.489. The molecule has 0 amide bonds. The Bertz CT molecular complexity index is 863. The summed E-state index contributed by atoms with van der Waals surface area (Å²) >= 11 is 5.31. The number of rotatable bonds is 5. The molecule has 0 aromatic heterocycles. The molecular weight excluding hydrogens is 308 g/mol. The van der Waals surface area contributed by atoms with Crippen LogP contribution in [0.5, 0.6) is 5.75 Å². The smallest absolute Gasteiger partial charge is 0.245 e. The lowest BCUT2D eigenvalue weighted by atomic mass is 10.1. The van der Waals surface area contributed by atoms with E-state index < -0.39 is 5.24 Å². The molecule has 3 heteroatoms. The van der Waals surface area contributed by atoms with Crippen molar-refractivity contribution in [2.24, 2.45) is 0 Å². The summed E-state index contributed by atoms with van der Waals surface area (Å²) in [5.74, 6) is 0.752. The van der Waals surface area contributed by atoms with E-state index in [1.54, 1.807) is 6.08 Å². The second kappa shape index (κ2) is 7.12. The molecular formula is C20H15ClO2. The van der Waals surface area contributed by atoms with E-state index in [9.17, 15) is 4.79 Å². The summed E-state index contributed by atoms with van der Waals surface area (Å²) in [6.07, 6.45) is 2.99. The van der Waals surface area contributed by atoms with Gasteiger partial charge < -0.3 is 4.74 Å². The number of hydrogen-bond acceptors (Lipinski definition) is 2. The van der Waals surface area contributed by atoms with Crippen LogP contribution in [0.2, 0.25) is 0 Å². The number of ether oxygens (including phenoxy) is 1. The molecule has 23 heavy (non-hydrogen) atoms. The average molecular weight is 323 g/mol. The fourth-order valence-electron chi connectivity index (χ4n) is 2.45. The minimum Gasteiger partial charge on any atom is -0.489 e. The quantitative estimate of drug-likeness (QED) is 0.477. The molecule has 0 unspecified atom stereocenters. The van der Waals surface area contributed by atoms with Gasteiger partial charge in [0.1, 0.15) is 12.4 Å². The van der Waals surface area contributed by atoms with Gasteiger partial charge in [-0.25, -0.2) is 0 Å². The Balaban J connectivity index is 1.77. The van der Waals surface area contributed by atoms with Crippen LogP contribution in [0.3, 0.4) is 0 Å². The second-order valence-electron chi connectivity index (χ2n) is 5.14. The lowest BCUT2D eigenvalue weighted by Gasteiger charge is -2.09. The Morgan fingerprint density at radius 1 is 1.00 bits per heavy atom. The van der Waals surface area contributed by atoms with Crippen LogP contribution in [0, 0.1) is 0 Å². The average Bonchev–Trinajstić information content (AvgIpc) is 2.58.